The van der Waals surface area contributed by atoms with Crippen LogP contribution in [0.5, 0.6) is 5.75 Å². The van der Waals surface area contributed by atoms with Crippen LogP contribution in [-0.4, -0.2) is 35.5 Å². The fourth-order valence-corrected chi connectivity index (χ4v) is 1.77. The van der Waals surface area contributed by atoms with Crippen LogP contribution in [0.3, 0.4) is 0 Å². The van der Waals surface area contributed by atoms with E-state index >= 15 is 0 Å². The van der Waals surface area contributed by atoms with Crippen molar-refractivity contribution in [1.82, 2.24) is 4.90 Å². The SMILES string of the molecule is COc1ccc(CN2CC(C(=O)O)C2=O)cc1. The predicted molar refractivity (Wildman–Crippen MR) is 59.5 cm³/mol. The normalized spacial score (nSPS) is 18.8. The Morgan fingerprint density at radius 3 is 2.59 bits per heavy atom. The van der Waals surface area contributed by atoms with Gasteiger partial charge in [-0.05, 0) is 17.7 Å². The number of benzene rings is 1. The minimum absolute atomic E-state index is 0.292. The molecule has 0 saturated carbocycles. The molecule has 0 aliphatic carbocycles. The van der Waals surface area contributed by atoms with Crippen molar-refractivity contribution in [2.24, 2.45) is 5.92 Å². The number of nitrogens with zero attached hydrogens (tertiary/aromatic N) is 1. The number of carboxylic acids is 1. The van der Waals surface area contributed by atoms with Crippen LogP contribution in [-0.2, 0) is 16.1 Å². The van der Waals surface area contributed by atoms with Crippen molar-refractivity contribution < 1.29 is 19.4 Å². The smallest absolute Gasteiger partial charge is 0.317 e. The van der Waals surface area contributed by atoms with E-state index in [1.54, 1.807) is 7.11 Å². The first-order chi connectivity index (χ1) is 8.11. The standard InChI is InChI=1S/C12H13NO4/c1-17-9-4-2-8(3-5-9)6-13-7-10(11(13)14)12(15)16/h2-5,10H,6-7H2,1H3,(H,15,16). The highest BCUT2D eigenvalue weighted by molar-refractivity contribution is 6.01. The molecule has 1 atom stereocenters. The van der Waals surface area contributed by atoms with E-state index in [-0.39, 0.29) is 5.91 Å². The van der Waals surface area contributed by atoms with Gasteiger partial charge in [0.2, 0.25) is 5.91 Å². The largest absolute Gasteiger partial charge is 0.497 e. The molecule has 0 radical (unpaired) electrons. The molecule has 1 heterocycles. The van der Waals surface area contributed by atoms with Crippen LogP contribution in [0.1, 0.15) is 5.56 Å². The maximum Gasteiger partial charge on any atom is 0.317 e. The summed E-state index contributed by atoms with van der Waals surface area (Å²) in [5, 5.41) is 8.69. The number of ether oxygens (including phenoxy) is 1. The van der Waals surface area contributed by atoms with Gasteiger partial charge in [0.05, 0.1) is 7.11 Å². The molecule has 17 heavy (non-hydrogen) atoms. The number of methoxy groups -OCH3 is 1. The van der Waals surface area contributed by atoms with E-state index < -0.39 is 11.9 Å². The Morgan fingerprint density at radius 1 is 1.47 bits per heavy atom. The quantitative estimate of drug-likeness (QED) is 0.617. The van der Waals surface area contributed by atoms with Gasteiger partial charge in [-0.3, -0.25) is 9.59 Å². The van der Waals surface area contributed by atoms with E-state index in [4.69, 9.17) is 9.84 Å². The van der Waals surface area contributed by atoms with E-state index in [2.05, 4.69) is 0 Å². The molecule has 5 heteroatoms. The Labute approximate surface area is 98.6 Å². The molecule has 1 saturated heterocycles. The van der Waals surface area contributed by atoms with Crippen LogP contribution in [0.15, 0.2) is 24.3 Å². The van der Waals surface area contributed by atoms with Gasteiger partial charge in [0.15, 0.2) is 5.92 Å². The molecule has 2 rings (SSSR count). The number of β-lactam (4-membered cyclic amide) rings is 1. The molecular formula is C12H13NO4. The second-order valence-electron chi connectivity index (χ2n) is 3.96. The average Bonchev–Trinajstić information content (AvgIpc) is 2.33. The zero-order valence-electron chi connectivity index (χ0n) is 9.42. The first kappa shape index (κ1) is 11.4. The summed E-state index contributed by atoms with van der Waals surface area (Å²) in [5.41, 5.74) is 0.961. The Morgan fingerprint density at radius 2 is 2.12 bits per heavy atom. The molecule has 1 unspecified atom stereocenters. The Kier molecular flexibility index (Phi) is 2.99. The van der Waals surface area contributed by atoms with Crippen molar-refractivity contribution in [3.63, 3.8) is 0 Å². The zero-order chi connectivity index (χ0) is 12.4. The number of carbonyl (C=O) groups excluding carboxylic acids is 1. The molecule has 1 aliphatic heterocycles. The average molecular weight is 235 g/mol. The number of aliphatic carboxylic acids is 1. The summed E-state index contributed by atoms with van der Waals surface area (Å²) >= 11 is 0. The first-order valence-corrected chi connectivity index (χ1v) is 5.26. The summed E-state index contributed by atoms with van der Waals surface area (Å²) in [5.74, 6) is -1.45. The highest BCUT2D eigenvalue weighted by Crippen LogP contribution is 2.21. The summed E-state index contributed by atoms with van der Waals surface area (Å²) in [6.45, 7) is 0.743. The number of rotatable bonds is 4. The van der Waals surface area contributed by atoms with Gasteiger partial charge in [0, 0.05) is 13.1 Å². The number of amides is 1. The van der Waals surface area contributed by atoms with E-state index in [9.17, 15) is 9.59 Å². The van der Waals surface area contributed by atoms with Gasteiger partial charge in [-0.2, -0.15) is 0 Å². The lowest BCUT2D eigenvalue weighted by Gasteiger charge is -2.36. The number of carboxylic acid groups (broad SMARTS) is 1. The first-order valence-electron chi connectivity index (χ1n) is 5.26. The second-order valence-corrected chi connectivity index (χ2v) is 3.96. The van der Waals surface area contributed by atoms with E-state index in [0.29, 0.717) is 13.1 Å². The number of hydrogen-bond acceptors (Lipinski definition) is 3. The molecule has 5 nitrogen and oxygen atoms in total. The van der Waals surface area contributed by atoms with Gasteiger partial charge in [0.1, 0.15) is 5.75 Å². The monoisotopic (exact) mass is 235 g/mol. The van der Waals surface area contributed by atoms with E-state index in [0.717, 1.165) is 11.3 Å². The number of hydrogen-bond donors (Lipinski definition) is 1. The van der Waals surface area contributed by atoms with Crippen molar-refractivity contribution in [3.8, 4) is 5.75 Å². The topological polar surface area (TPSA) is 66.8 Å². The van der Waals surface area contributed by atoms with Crippen LogP contribution in [0.4, 0.5) is 0 Å². The molecular weight excluding hydrogens is 222 g/mol. The van der Waals surface area contributed by atoms with Gasteiger partial charge < -0.3 is 14.7 Å². The Bertz CT molecular complexity index is 440. The Balaban J connectivity index is 1.94. The maximum atomic E-state index is 11.5. The van der Waals surface area contributed by atoms with Crippen LogP contribution >= 0.6 is 0 Å². The van der Waals surface area contributed by atoms with Crippen LogP contribution < -0.4 is 4.74 Å². The van der Waals surface area contributed by atoms with Gasteiger partial charge in [-0.25, -0.2) is 0 Å². The van der Waals surface area contributed by atoms with Gasteiger partial charge >= 0.3 is 5.97 Å². The third kappa shape index (κ3) is 2.22. The van der Waals surface area contributed by atoms with E-state index in [1.807, 2.05) is 24.3 Å². The molecule has 90 valence electrons. The fourth-order valence-electron chi connectivity index (χ4n) is 1.77. The Hall–Kier alpha value is -2.04. The molecule has 1 aliphatic rings. The van der Waals surface area contributed by atoms with E-state index in [1.165, 1.54) is 4.90 Å². The lowest BCUT2D eigenvalue weighted by Crippen LogP contribution is -2.54. The fraction of sp³-hybridized carbons (Fsp3) is 0.333. The lowest BCUT2D eigenvalue weighted by molar-refractivity contribution is -0.162. The molecule has 1 aromatic carbocycles. The molecule has 1 N–H and O–H groups in total. The zero-order valence-corrected chi connectivity index (χ0v) is 9.42. The van der Waals surface area contributed by atoms with Gasteiger partial charge in [-0.15, -0.1) is 0 Å². The van der Waals surface area contributed by atoms with Gasteiger partial charge in [0.25, 0.3) is 0 Å². The summed E-state index contributed by atoms with van der Waals surface area (Å²) in [4.78, 5) is 23.6. The third-order valence-electron chi connectivity index (χ3n) is 2.84. The van der Waals surface area contributed by atoms with Crippen molar-refractivity contribution in [2.45, 2.75) is 6.54 Å². The highest BCUT2D eigenvalue weighted by Gasteiger charge is 2.41. The van der Waals surface area contributed by atoms with Crippen LogP contribution in [0.25, 0.3) is 0 Å². The van der Waals surface area contributed by atoms with Crippen molar-refractivity contribution in [1.29, 1.82) is 0 Å². The predicted octanol–water partition coefficient (Wildman–Crippen LogP) is 0.738. The molecule has 1 fully saturated rings. The summed E-state index contributed by atoms with van der Waals surface area (Å²) < 4.78 is 5.03. The van der Waals surface area contributed by atoms with Gasteiger partial charge in [-0.1, -0.05) is 12.1 Å². The number of likely N-dealkylation sites (tertiary alicyclic amines) is 1. The highest BCUT2D eigenvalue weighted by atomic mass is 16.5. The minimum atomic E-state index is -1.04. The van der Waals surface area contributed by atoms with Crippen molar-refractivity contribution in [2.75, 3.05) is 13.7 Å². The lowest BCUT2D eigenvalue weighted by atomic mass is 9.98. The van der Waals surface area contributed by atoms with Crippen molar-refractivity contribution >= 4 is 11.9 Å². The summed E-state index contributed by atoms with van der Waals surface area (Å²) in [7, 11) is 1.59. The van der Waals surface area contributed by atoms with Crippen LogP contribution in [0.2, 0.25) is 0 Å². The molecule has 0 bridgehead atoms. The molecule has 0 aromatic heterocycles. The van der Waals surface area contributed by atoms with Crippen LogP contribution in [0, 0.1) is 5.92 Å². The third-order valence-corrected chi connectivity index (χ3v) is 2.84. The second kappa shape index (κ2) is 4.45. The minimum Gasteiger partial charge on any atom is -0.497 e. The number of carbonyl (C=O) groups is 2. The maximum absolute atomic E-state index is 11.5. The summed E-state index contributed by atoms with van der Waals surface area (Å²) in [6, 6.07) is 7.35. The molecule has 1 aromatic rings. The molecule has 1 amide bonds. The molecule has 0 spiro atoms. The summed E-state index contributed by atoms with van der Waals surface area (Å²) in [6.07, 6.45) is 0. The van der Waals surface area contributed by atoms with Crippen molar-refractivity contribution in [3.05, 3.63) is 29.8 Å².